The predicted molar refractivity (Wildman–Crippen MR) is 60.3 cm³/mol. The molecular formula is C10H9BrN2O3. The highest BCUT2D eigenvalue weighted by atomic mass is 79.9. The first kappa shape index (κ1) is 11.1. The summed E-state index contributed by atoms with van der Waals surface area (Å²) in [5, 5.41) is 8.46. The van der Waals surface area contributed by atoms with Crippen LogP contribution in [0, 0.1) is 0 Å². The molecule has 5 nitrogen and oxygen atoms in total. The fraction of sp³-hybridized carbons (Fsp3) is 0.200. The lowest BCUT2D eigenvalue weighted by atomic mass is 10.2. The second-order valence-corrected chi connectivity index (χ2v) is 4.16. The van der Waals surface area contributed by atoms with Gasteiger partial charge in [0.15, 0.2) is 6.04 Å². The van der Waals surface area contributed by atoms with E-state index in [1.54, 1.807) is 5.48 Å². The summed E-state index contributed by atoms with van der Waals surface area (Å²) in [6.45, 7) is 0.147. The molecule has 0 aliphatic carbocycles. The first-order valence-electron chi connectivity index (χ1n) is 4.61. The second kappa shape index (κ2) is 4.63. The van der Waals surface area contributed by atoms with Crippen LogP contribution < -0.4 is 5.48 Å². The number of carbonyl (C=O) groups is 1. The highest BCUT2D eigenvalue weighted by Crippen LogP contribution is 2.16. The number of hydroxylamine groups is 1. The topological polar surface area (TPSA) is 70.9 Å². The number of halogens is 1. The zero-order valence-corrected chi connectivity index (χ0v) is 9.77. The van der Waals surface area contributed by atoms with E-state index in [-0.39, 0.29) is 6.61 Å². The van der Waals surface area contributed by atoms with Crippen molar-refractivity contribution in [2.75, 3.05) is 6.61 Å². The van der Waals surface area contributed by atoms with E-state index in [1.807, 2.05) is 24.3 Å². The van der Waals surface area contributed by atoms with Crippen molar-refractivity contribution in [1.29, 1.82) is 0 Å². The molecule has 0 saturated heterocycles. The highest BCUT2D eigenvalue weighted by molar-refractivity contribution is 9.10. The molecular weight excluding hydrogens is 276 g/mol. The van der Waals surface area contributed by atoms with Crippen LogP contribution in [-0.4, -0.2) is 29.7 Å². The Morgan fingerprint density at radius 2 is 2.44 bits per heavy atom. The van der Waals surface area contributed by atoms with Crippen molar-refractivity contribution >= 4 is 27.7 Å². The summed E-state index contributed by atoms with van der Waals surface area (Å²) >= 11 is 3.34. The van der Waals surface area contributed by atoms with Crippen LogP contribution in [0.2, 0.25) is 0 Å². The number of carbonyl (C=O) groups excluding carboxylic acids is 1. The first-order chi connectivity index (χ1) is 7.70. The van der Waals surface area contributed by atoms with E-state index >= 15 is 0 Å². The molecule has 1 aromatic rings. The van der Waals surface area contributed by atoms with Crippen LogP contribution >= 0.6 is 15.9 Å². The maximum atomic E-state index is 11.1. The molecule has 1 amide bonds. The Labute approximate surface area is 100 Å². The fourth-order valence-electron chi connectivity index (χ4n) is 1.36. The normalized spacial score (nSPS) is 18.9. The van der Waals surface area contributed by atoms with Crippen molar-refractivity contribution in [3.8, 4) is 0 Å². The monoisotopic (exact) mass is 284 g/mol. The van der Waals surface area contributed by atoms with Gasteiger partial charge in [-0.05, 0) is 18.2 Å². The first-order valence-corrected chi connectivity index (χ1v) is 5.40. The second-order valence-electron chi connectivity index (χ2n) is 3.25. The van der Waals surface area contributed by atoms with Gasteiger partial charge >= 0.3 is 0 Å². The van der Waals surface area contributed by atoms with E-state index in [0.29, 0.717) is 5.90 Å². The maximum Gasteiger partial charge on any atom is 0.271 e. The predicted octanol–water partition coefficient (Wildman–Crippen LogP) is 1.10. The van der Waals surface area contributed by atoms with Crippen LogP contribution in [0.5, 0.6) is 0 Å². The van der Waals surface area contributed by atoms with Gasteiger partial charge in [0.05, 0.1) is 0 Å². The minimum atomic E-state index is -0.681. The van der Waals surface area contributed by atoms with Crippen LogP contribution in [-0.2, 0) is 9.53 Å². The zero-order valence-electron chi connectivity index (χ0n) is 8.18. The maximum absolute atomic E-state index is 11.1. The molecule has 6 heteroatoms. The van der Waals surface area contributed by atoms with Crippen molar-refractivity contribution in [1.82, 2.24) is 5.48 Å². The minimum Gasteiger partial charge on any atom is -0.475 e. The number of hydrogen-bond donors (Lipinski definition) is 2. The SMILES string of the molecule is O=C(NO)[C@H]1COC(c2cccc(Br)c2)=N1. The number of benzene rings is 1. The Morgan fingerprint density at radius 3 is 3.12 bits per heavy atom. The number of nitrogens with zero attached hydrogens (tertiary/aromatic N) is 1. The van der Waals surface area contributed by atoms with Gasteiger partial charge in [0, 0.05) is 10.0 Å². The molecule has 0 aromatic heterocycles. The smallest absolute Gasteiger partial charge is 0.271 e. The van der Waals surface area contributed by atoms with Gasteiger partial charge in [-0.2, -0.15) is 0 Å². The summed E-state index contributed by atoms with van der Waals surface area (Å²) in [5.74, 6) is -0.153. The van der Waals surface area contributed by atoms with Crippen LogP contribution in [0.25, 0.3) is 0 Å². The number of aliphatic imine (C=N–C) groups is 1. The molecule has 16 heavy (non-hydrogen) atoms. The summed E-state index contributed by atoms with van der Waals surface area (Å²) in [7, 11) is 0. The van der Waals surface area contributed by atoms with Crippen LogP contribution in [0.3, 0.4) is 0 Å². The van der Waals surface area contributed by atoms with E-state index in [2.05, 4.69) is 20.9 Å². The van der Waals surface area contributed by atoms with E-state index in [4.69, 9.17) is 9.94 Å². The summed E-state index contributed by atoms with van der Waals surface area (Å²) in [6, 6.07) is 6.74. The third kappa shape index (κ3) is 2.23. The molecule has 0 fully saturated rings. The molecule has 2 rings (SSSR count). The number of nitrogens with one attached hydrogen (secondary N) is 1. The van der Waals surface area contributed by atoms with Crippen molar-refractivity contribution in [3.63, 3.8) is 0 Å². The molecule has 84 valence electrons. The quantitative estimate of drug-likeness (QED) is 0.631. The Kier molecular flexibility index (Phi) is 3.21. The standard InChI is InChI=1S/C10H9BrN2O3/c11-7-3-1-2-6(4-7)10-12-8(5-16-10)9(14)13-15/h1-4,8,15H,5H2,(H,13,14)/t8-/m1/s1. The van der Waals surface area contributed by atoms with Gasteiger partial charge < -0.3 is 4.74 Å². The number of hydrogen-bond acceptors (Lipinski definition) is 4. The minimum absolute atomic E-state index is 0.147. The van der Waals surface area contributed by atoms with E-state index < -0.39 is 11.9 Å². The van der Waals surface area contributed by atoms with Crippen molar-refractivity contribution in [2.24, 2.45) is 4.99 Å². The molecule has 1 atom stereocenters. The Balaban J connectivity index is 2.21. The van der Waals surface area contributed by atoms with Crippen LogP contribution in [0.4, 0.5) is 0 Å². The van der Waals surface area contributed by atoms with Crippen LogP contribution in [0.1, 0.15) is 5.56 Å². The Hall–Kier alpha value is -1.40. The molecule has 0 saturated carbocycles. The van der Waals surface area contributed by atoms with Crippen LogP contribution in [0.15, 0.2) is 33.7 Å². The number of ether oxygens (including phenoxy) is 1. The molecule has 1 aliphatic rings. The Bertz CT molecular complexity index is 447. The summed E-state index contributed by atoms with van der Waals surface area (Å²) in [6.07, 6.45) is 0. The third-order valence-corrected chi connectivity index (χ3v) is 2.63. The molecule has 0 spiro atoms. The lowest BCUT2D eigenvalue weighted by Gasteiger charge is -2.01. The largest absolute Gasteiger partial charge is 0.475 e. The molecule has 2 N–H and O–H groups in total. The van der Waals surface area contributed by atoms with Gasteiger partial charge in [-0.3, -0.25) is 10.0 Å². The summed E-state index contributed by atoms with van der Waals surface area (Å²) in [5.41, 5.74) is 2.35. The molecule has 1 heterocycles. The van der Waals surface area contributed by atoms with Crippen molar-refractivity contribution in [3.05, 3.63) is 34.3 Å². The van der Waals surface area contributed by atoms with Gasteiger partial charge in [-0.15, -0.1) is 0 Å². The molecule has 0 unspecified atom stereocenters. The average molecular weight is 285 g/mol. The van der Waals surface area contributed by atoms with E-state index in [9.17, 15) is 4.79 Å². The lowest BCUT2D eigenvalue weighted by molar-refractivity contribution is -0.130. The van der Waals surface area contributed by atoms with E-state index in [0.717, 1.165) is 10.0 Å². The fourth-order valence-corrected chi connectivity index (χ4v) is 1.76. The van der Waals surface area contributed by atoms with E-state index in [1.165, 1.54) is 0 Å². The highest BCUT2D eigenvalue weighted by Gasteiger charge is 2.26. The average Bonchev–Trinajstić information content (AvgIpc) is 2.77. The Morgan fingerprint density at radius 1 is 1.62 bits per heavy atom. The molecule has 1 aliphatic heterocycles. The van der Waals surface area contributed by atoms with Crippen molar-refractivity contribution < 1.29 is 14.7 Å². The summed E-state index contributed by atoms with van der Waals surface area (Å²) in [4.78, 5) is 15.2. The molecule has 0 bridgehead atoms. The van der Waals surface area contributed by atoms with Gasteiger partial charge in [0.25, 0.3) is 5.91 Å². The van der Waals surface area contributed by atoms with Gasteiger partial charge in [0.2, 0.25) is 5.90 Å². The third-order valence-electron chi connectivity index (χ3n) is 2.14. The van der Waals surface area contributed by atoms with Gasteiger partial charge in [-0.25, -0.2) is 10.5 Å². The lowest BCUT2D eigenvalue weighted by Crippen LogP contribution is -2.31. The summed E-state index contributed by atoms with van der Waals surface area (Å²) < 4.78 is 6.20. The van der Waals surface area contributed by atoms with Gasteiger partial charge in [-0.1, -0.05) is 22.0 Å². The number of amides is 1. The zero-order chi connectivity index (χ0) is 11.5. The molecule has 1 aromatic carbocycles. The van der Waals surface area contributed by atoms with Gasteiger partial charge in [0.1, 0.15) is 6.61 Å². The van der Waals surface area contributed by atoms with Crippen molar-refractivity contribution in [2.45, 2.75) is 6.04 Å². The number of rotatable bonds is 2. The molecule has 0 radical (unpaired) electrons.